The highest BCUT2D eigenvalue weighted by atomic mass is 127. The molecule has 4 heteroatoms. The summed E-state index contributed by atoms with van der Waals surface area (Å²) in [6, 6.07) is 1.95. The topological polar surface area (TPSA) is 32.6 Å². The van der Waals surface area contributed by atoms with Crippen molar-refractivity contribution < 1.29 is 28.5 Å². The van der Waals surface area contributed by atoms with Crippen molar-refractivity contribution in [1.82, 2.24) is 4.57 Å². The van der Waals surface area contributed by atoms with Crippen LogP contribution in [0.1, 0.15) is 5.82 Å². The number of nitriles is 1. The largest absolute Gasteiger partial charge is 1.00 e. The molecule has 0 aromatic carbocycles. The van der Waals surface area contributed by atoms with Gasteiger partial charge in [0.25, 0.3) is 5.82 Å². The maximum absolute atomic E-state index is 8.29. The zero-order valence-corrected chi connectivity index (χ0v) is 9.19. The van der Waals surface area contributed by atoms with E-state index in [-0.39, 0.29) is 24.0 Å². The Balaban J connectivity index is 0.00000121. The molecule has 0 spiro atoms. The van der Waals surface area contributed by atoms with Crippen molar-refractivity contribution in [2.45, 2.75) is 0 Å². The standard InChI is InChI=1S/C8H10N3.HI/c1-10-6-7-11(2)8(10)4-3-5-9;/h3-4,6-7H,1-2H3;1H/q+1;/p-1. The average Bonchev–Trinajstić information content (AvgIpc) is 2.29. The third-order valence-corrected chi connectivity index (χ3v) is 1.54. The molecule has 0 amide bonds. The lowest BCUT2D eigenvalue weighted by atomic mass is 10.5. The molecule has 0 radical (unpaired) electrons. The first kappa shape index (κ1) is 11.2. The third-order valence-electron chi connectivity index (χ3n) is 1.54. The average molecular weight is 275 g/mol. The van der Waals surface area contributed by atoms with E-state index in [0.717, 1.165) is 5.82 Å². The van der Waals surface area contributed by atoms with E-state index in [1.54, 1.807) is 6.08 Å². The molecule has 0 atom stereocenters. The second-order valence-electron chi connectivity index (χ2n) is 2.34. The second-order valence-corrected chi connectivity index (χ2v) is 2.34. The van der Waals surface area contributed by atoms with Crippen molar-refractivity contribution in [3.63, 3.8) is 0 Å². The summed E-state index contributed by atoms with van der Waals surface area (Å²) in [7, 11) is 3.88. The lowest BCUT2D eigenvalue weighted by molar-refractivity contribution is -0.672. The van der Waals surface area contributed by atoms with Crippen molar-refractivity contribution in [2.75, 3.05) is 0 Å². The fraction of sp³-hybridized carbons (Fsp3) is 0.250. The zero-order valence-electron chi connectivity index (χ0n) is 7.03. The number of nitrogens with zero attached hydrogens (tertiary/aromatic N) is 3. The number of hydrogen-bond acceptors (Lipinski definition) is 1. The molecule has 0 aliphatic rings. The summed E-state index contributed by atoms with van der Waals surface area (Å²) >= 11 is 0. The first-order valence-corrected chi connectivity index (χ1v) is 3.33. The summed E-state index contributed by atoms with van der Waals surface area (Å²) in [4.78, 5) is 0. The highest BCUT2D eigenvalue weighted by Gasteiger charge is 2.05. The Bertz CT molecular complexity index is 300. The highest BCUT2D eigenvalue weighted by Crippen LogP contribution is 1.93. The first-order valence-electron chi connectivity index (χ1n) is 3.33. The molecule has 0 aliphatic carbocycles. The van der Waals surface area contributed by atoms with Gasteiger partial charge in [-0.1, -0.05) is 0 Å². The van der Waals surface area contributed by atoms with E-state index in [4.69, 9.17) is 5.26 Å². The molecule has 1 aromatic rings. The molecule has 64 valence electrons. The molecule has 0 saturated heterocycles. The summed E-state index contributed by atoms with van der Waals surface area (Å²) < 4.78 is 3.90. The van der Waals surface area contributed by atoms with Crippen molar-refractivity contribution >= 4 is 6.08 Å². The van der Waals surface area contributed by atoms with Gasteiger partial charge < -0.3 is 24.0 Å². The Hall–Kier alpha value is -0.830. The van der Waals surface area contributed by atoms with Gasteiger partial charge >= 0.3 is 0 Å². The van der Waals surface area contributed by atoms with Crippen LogP contribution in [-0.2, 0) is 14.1 Å². The van der Waals surface area contributed by atoms with E-state index in [0.29, 0.717) is 0 Å². The van der Waals surface area contributed by atoms with Gasteiger partial charge in [0, 0.05) is 12.2 Å². The minimum Gasteiger partial charge on any atom is -1.00 e. The lowest BCUT2D eigenvalue weighted by Crippen LogP contribution is -3.00. The molecular formula is C8H10IN3. The summed E-state index contributed by atoms with van der Waals surface area (Å²) in [6.07, 6.45) is 7.13. The van der Waals surface area contributed by atoms with Gasteiger partial charge in [0.05, 0.1) is 20.2 Å². The fourth-order valence-electron chi connectivity index (χ4n) is 0.948. The third kappa shape index (κ3) is 2.34. The Labute approximate surface area is 89.0 Å². The Morgan fingerprint density at radius 2 is 2.33 bits per heavy atom. The van der Waals surface area contributed by atoms with E-state index < -0.39 is 0 Å². The van der Waals surface area contributed by atoms with E-state index >= 15 is 0 Å². The van der Waals surface area contributed by atoms with Crippen LogP contribution in [0.15, 0.2) is 18.5 Å². The van der Waals surface area contributed by atoms with E-state index in [9.17, 15) is 0 Å². The molecular weight excluding hydrogens is 265 g/mol. The molecule has 1 aromatic heterocycles. The number of halogens is 1. The Kier molecular flexibility index (Phi) is 4.59. The minimum absolute atomic E-state index is 0. The van der Waals surface area contributed by atoms with Gasteiger partial charge in [-0.3, -0.25) is 0 Å². The van der Waals surface area contributed by atoms with Gasteiger partial charge in [-0.2, -0.15) is 5.26 Å². The fourth-order valence-corrected chi connectivity index (χ4v) is 0.948. The first-order chi connectivity index (χ1) is 5.25. The SMILES string of the molecule is Cn1cc[n+](C)c1C=CC#N.[I-]. The van der Waals surface area contributed by atoms with Crippen molar-refractivity contribution in [1.29, 1.82) is 5.26 Å². The highest BCUT2D eigenvalue weighted by molar-refractivity contribution is 5.41. The van der Waals surface area contributed by atoms with Crippen LogP contribution in [-0.4, -0.2) is 4.57 Å². The second kappa shape index (κ2) is 4.93. The van der Waals surface area contributed by atoms with Crippen molar-refractivity contribution in [3.8, 4) is 6.07 Å². The molecule has 0 fully saturated rings. The van der Waals surface area contributed by atoms with Gasteiger partial charge in [0.15, 0.2) is 0 Å². The number of rotatable bonds is 1. The molecule has 0 unspecified atom stereocenters. The van der Waals surface area contributed by atoms with E-state index in [1.807, 2.05) is 41.7 Å². The van der Waals surface area contributed by atoms with Crippen LogP contribution < -0.4 is 28.5 Å². The van der Waals surface area contributed by atoms with Gasteiger partial charge in [0.1, 0.15) is 12.4 Å². The number of allylic oxidation sites excluding steroid dienone is 1. The van der Waals surface area contributed by atoms with Crippen LogP contribution in [0.3, 0.4) is 0 Å². The van der Waals surface area contributed by atoms with Gasteiger partial charge in [0.2, 0.25) is 0 Å². The number of hydrogen-bond donors (Lipinski definition) is 0. The summed E-state index contributed by atoms with van der Waals surface area (Å²) in [5, 5.41) is 8.29. The summed E-state index contributed by atoms with van der Waals surface area (Å²) in [5.74, 6) is 1.01. The number of aryl methyl sites for hydroxylation is 2. The Morgan fingerprint density at radius 1 is 1.67 bits per heavy atom. The molecule has 0 N–H and O–H groups in total. The van der Waals surface area contributed by atoms with Gasteiger partial charge in [-0.05, 0) is 0 Å². The quantitative estimate of drug-likeness (QED) is 0.314. The van der Waals surface area contributed by atoms with Crippen LogP contribution in [0.2, 0.25) is 0 Å². The molecule has 1 heterocycles. The van der Waals surface area contributed by atoms with Crippen LogP contribution >= 0.6 is 0 Å². The van der Waals surface area contributed by atoms with Crippen LogP contribution in [0.5, 0.6) is 0 Å². The smallest absolute Gasteiger partial charge is 0.281 e. The molecule has 1 rings (SSSR count). The predicted molar refractivity (Wildman–Crippen MR) is 41.2 cm³/mol. The molecule has 0 aliphatic heterocycles. The van der Waals surface area contributed by atoms with E-state index in [2.05, 4.69) is 0 Å². The van der Waals surface area contributed by atoms with Crippen molar-refractivity contribution in [2.24, 2.45) is 14.1 Å². The maximum atomic E-state index is 8.29. The molecule has 0 saturated carbocycles. The predicted octanol–water partition coefficient (Wildman–Crippen LogP) is -2.61. The maximum Gasteiger partial charge on any atom is 0.281 e. The van der Waals surface area contributed by atoms with Gasteiger partial charge in [-0.25, -0.2) is 9.13 Å². The number of aromatic nitrogens is 2. The van der Waals surface area contributed by atoms with Gasteiger partial charge in [-0.15, -0.1) is 0 Å². The molecule has 3 nitrogen and oxygen atoms in total. The number of imidazole rings is 1. The van der Waals surface area contributed by atoms with Crippen molar-refractivity contribution in [3.05, 3.63) is 24.3 Å². The monoisotopic (exact) mass is 275 g/mol. The molecule has 12 heavy (non-hydrogen) atoms. The summed E-state index contributed by atoms with van der Waals surface area (Å²) in [5.41, 5.74) is 0. The Morgan fingerprint density at radius 3 is 2.75 bits per heavy atom. The van der Waals surface area contributed by atoms with Crippen LogP contribution in [0.4, 0.5) is 0 Å². The van der Waals surface area contributed by atoms with Crippen LogP contribution in [0, 0.1) is 11.3 Å². The normalized spacial score (nSPS) is 9.42. The summed E-state index contributed by atoms with van der Waals surface area (Å²) in [6.45, 7) is 0. The minimum atomic E-state index is 0. The van der Waals surface area contributed by atoms with E-state index in [1.165, 1.54) is 6.08 Å². The molecule has 0 bridgehead atoms. The zero-order chi connectivity index (χ0) is 8.27. The lowest BCUT2D eigenvalue weighted by Gasteiger charge is -1.87. The van der Waals surface area contributed by atoms with Crippen LogP contribution in [0.25, 0.3) is 6.08 Å².